The average molecular weight is 280 g/mol. The van der Waals surface area contributed by atoms with Crippen molar-refractivity contribution in [3.63, 3.8) is 0 Å². The number of carbonyl (C=O) groups excluding carboxylic acids is 1. The second-order valence-corrected chi connectivity index (χ2v) is 5.32. The topological polar surface area (TPSA) is 41.6 Å². The number of rotatable bonds is 4. The van der Waals surface area contributed by atoms with Gasteiger partial charge in [0.1, 0.15) is 11.6 Å². The standard InChI is InChI=1S/C15H21FN2O2/c1-11-9-18(10-12(2)17-11)15(19)7-8-20-14-5-3-13(16)4-6-14/h3-6,11-12,17H,7-10H2,1-2H3. The van der Waals surface area contributed by atoms with E-state index < -0.39 is 0 Å². The Labute approximate surface area is 118 Å². The molecule has 1 heterocycles. The Hall–Kier alpha value is -1.62. The first-order chi connectivity index (χ1) is 9.54. The number of carbonyl (C=O) groups is 1. The first kappa shape index (κ1) is 14.8. The Morgan fingerprint density at radius 1 is 1.30 bits per heavy atom. The second-order valence-electron chi connectivity index (χ2n) is 5.32. The lowest BCUT2D eigenvalue weighted by atomic mass is 10.1. The van der Waals surface area contributed by atoms with Gasteiger partial charge in [-0.2, -0.15) is 0 Å². The Balaban J connectivity index is 1.76. The molecule has 1 saturated heterocycles. The van der Waals surface area contributed by atoms with Crippen LogP contribution in [0.1, 0.15) is 20.3 Å². The van der Waals surface area contributed by atoms with Crippen LogP contribution < -0.4 is 10.1 Å². The first-order valence-electron chi connectivity index (χ1n) is 6.97. The van der Waals surface area contributed by atoms with E-state index in [1.807, 2.05) is 4.90 Å². The van der Waals surface area contributed by atoms with E-state index in [0.717, 1.165) is 13.1 Å². The summed E-state index contributed by atoms with van der Waals surface area (Å²) in [4.78, 5) is 14.0. The van der Waals surface area contributed by atoms with Gasteiger partial charge in [-0.15, -0.1) is 0 Å². The molecular formula is C15H21FN2O2. The van der Waals surface area contributed by atoms with Crippen LogP contribution in [0.25, 0.3) is 0 Å². The lowest BCUT2D eigenvalue weighted by Crippen LogP contribution is -2.56. The molecule has 0 saturated carbocycles. The highest BCUT2D eigenvalue weighted by molar-refractivity contribution is 5.76. The maximum absolute atomic E-state index is 12.7. The van der Waals surface area contributed by atoms with Crippen molar-refractivity contribution in [2.24, 2.45) is 0 Å². The molecular weight excluding hydrogens is 259 g/mol. The van der Waals surface area contributed by atoms with Gasteiger partial charge in [-0.05, 0) is 38.1 Å². The maximum Gasteiger partial charge on any atom is 0.226 e. The van der Waals surface area contributed by atoms with Crippen LogP contribution in [0, 0.1) is 5.82 Å². The number of nitrogens with one attached hydrogen (secondary N) is 1. The Morgan fingerprint density at radius 2 is 1.90 bits per heavy atom. The van der Waals surface area contributed by atoms with Crippen molar-refractivity contribution in [2.45, 2.75) is 32.4 Å². The molecule has 2 atom stereocenters. The predicted octanol–water partition coefficient (Wildman–Crippen LogP) is 1.80. The first-order valence-corrected chi connectivity index (χ1v) is 6.97. The van der Waals surface area contributed by atoms with Crippen LogP contribution in [0.5, 0.6) is 5.75 Å². The van der Waals surface area contributed by atoms with Crippen molar-refractivity contribution in [3.05, 3.63) is 30.1 Å². The van der Waals surface area contributed by atoms with Crippen molar-refractivity contribution in [2.75, 3.05) is 19.7 Å². The van der Waals surface area contributed by atoms with Crippen molar-refractivity contribution < 1.29 is 13.9 Å². The van der Waals surface area contributed by atoms with Crippen molar-refractivity contribution in [1.82, 2.24) is 10.2 Å². The molecule has 1 amide bonds. The summed E-state index contributed by atoms with van der Waals surface area (Å²) in [6.45, 7) is 5.94. The molecule has 2 unspecified atom stereocenters. The van der Waals surface area contributed by atoms with Crippen LogP contribution >= 0.6 is 0 Å². The van der Waals surface area contributed by atoms with Gasteiger partial charge in [0.25, 0.3) is 0 Å². The number of hydrogen-bond donors (Lipinski definition) is 1. The minimum absolute atomic E-state index is 0.104. The van der Waals surface area contributed by atoms with Gasteiger partial charge in [0.15, 0.2) is 0 Å². The van der Waals surface area contributed by atoms with Crippen LogP contribution in [0.4, 0.5) is 4.39 Å². The molecule has 1 aromatic carbocycles. The maximum atomic E-state index is 12.7. The zero-order valence-electron chi connectivity index (χ0n) is 11.9. The highest BCUT2D eigenvalue weighted by atomic mass is 19.1. The van der Waals surface area contributed by atoms with Crippen LogP contribution in [-0.2, 0) is 4.79 Å². The zero-order valence-corrected chi connectivity index (χ0v) is 11.9. The fraction of sp³-hybridized carbons (Fsp3) is 0.533. The predicted molar refractivity (Wildman–Crippen MR) is 75.2 cm³/mol. The van der Waals surface area contributed by atoms with Crippen LogP contribution in [0.3, 0.4) is 0 Å². The monoisotopic (exact) mass is 280 g/mol. The van der Waals surface area contributed by atoms with Crippen molar-refractivity contribution in [3.8, 4) is 5.75 Å². The summed E-state index contributed by atoms with van der Waals surface area (Å²) in [6.07, 6.45) is 0.344. The van der Waals surface area contributed by atoms with Crippen LogP contribution in [0.15, 0.2) is 24.3 Å². The lowest BCUT2D eigenvalue weighted by Gasteiger charge is -2.36. The summed E-state index contributed by atoms with van der Waals surface area (Å²) >= 11 is 0. The van der Waals surface area contributed by atoms with Gasteiger partial charge in [-0.25, -0.2) is 4.39 Å². The molecule has 4 nitrogen and oxygen atoms in total. The number of halogens is 1. The van der Waals surface area contributed by atoms with E-state index in [1.54, 1.807) is 12.1 Å². The number of piperazine rings is 1. The van der Waals surface area contributed by atoms with E-state index in [9.17, 15) is 9.18 Å². The van der Waals surface area contributed by atoms with Gasteiger partial charge < -0.3 is 15.0 Å². The molecule has 20 heavy (non-hydrogen) atoms. The summed E-state index contributed by atoms with van der Waals surface area (Å²) in [6, 6.07) is 6.46. The van der Waals surface area contributed by atoms with Gasteiger partial charge in [0, 0.05) is 25.2 Å². The molecule has 110 valence electrons. The van der Waals surface area contributed by atoms with E-state index in [4.69, 9.17) is 4.74 Å². The summed E-state index contributed by atoms with van der Waals surface area (Å²) in [5.74, 6) is 0.394. The quantitative estimate of drug-likeness (QED) is 0.914. The molecule has 0 aromatic heterocycles. The number of benzene rings is 1. The molecule has 1 aromatic rings. The third-order valence-electron chi connectivity index (χ3n) is 3.31. The minimum Gasteiger partial charge on any atom is -0.493 e. The molecule has 1 aliphatic rings. The molecule has 5 heteroatoms. The normalized spacial score (nSPS) is 22.6. The number of nitrogens with zero attached hydrogens (tertiary/aromatic N) is 1. The Kier molecular flexibility index (Phi) is 4.95. The van der Waals surface area contributed by atoms with Gasteiger partial charge in [0.2, 0.25) is 5.91 Å². The van der Waals surface area contributed by atoms with E-state index in [-0.39, 0.29) is 11.7 Å². The highest BCUT2D eigenvalue weighted by Crippen LogP contribution is 2.12. The second kappa shape index (κ2) is 6.70. The third-order valence-corrected chi connectivity index (χ3v) is 3.31. The van der Waals surface area contributed by atoms with E-state index in [0.29, 0.717) is 30.9 Å². The van der Waals surface area contributed by atoms with Crippen molar-refractivity contribution in [1.29, 1.82) is 0 Å². The Bertz CT molecular complexity index is 440. The largest absolute Gasteiger partial charge is 0.493 e. The minimum atomic E-state index is -0.294. The molecule has 0 spiro atoms. The van der Waals surface area contributed by atoms with E-state index in [2.05, 4.69) is 19.2 Å². The van der Waals surface area contributed by atoms with Crippen LogP contribution in [0.2, 0.25) is 0 Å². The molecule has 0 bridgehead atoms. The molecule has 0 radical (unpaired) electrons. The number of ether oxygens (including phenoxy) is 1. The highest BCUT2D eigenvalue weighted by Gasteiger charge is 2.24. The third kappa shape index (κ3) is 4.20. The van der Waals surface area contributed by atoms with Gasteiger partial charge in [-0.1, -0.05) is 0 Å². The van der Waals surface area contributed by atoms with Crippen LogP contribution in [-0.4, -0.2) is 42.6 Å². The van der Waals surface area contributed by atoms with Gasteiger partial charge >= 0.3 is 0 Å². The smallest absolute Gasteiger partial charge is 0.226 e. The van der Waals surface area contributed by atoms with Gasteiger partial charge in [0.05, 0.1) is 13.0 Å². The Morgan fingerprint density at radius 3 is 2.50 bits per heavy atom. The van der Waals surface area contributed by atoms with Gasteiger partial charge in [-0.3, -0.25) is 4.79 Å². The molecule has 1 aliphatic heterocycles. The molecule has 1 N–H and O–H groups in total. The molecule has 1 fully saturated rings. The van der Waals surface area contributed by atoms with Crippen molar-refractivity contribution >= 4 is 5.91 Å². The number of hydrogen-bond acceptors (Lipinski definition) is 3. The summed E-state index contributed by atoms with van der Waals surface area (Å²) < 4.78 is 18.2. The fourth-order valence-electron chi connectivity index (χ4n) is 2.48. The van der Waals surface area contributed by atoms with E-state index in [1.165, 1.54) is 12.1 Å². The fourth-order valence-corrected chi connectivity index (χ4v) is 2.48. The summed E-state index contributed by atoms with van der Waals surface area (Å²) in [7, 11) is 0. The SMILES string of the molecule is CC1CN(C(=O)CCOc2ccc(F)cc2)CC(C)N1. The zero-order chi connectivity index (χ0) is 14.5. The molecule has 0 aliphatic carbocycles. The summed E-state index contributed by atoms with van der Waals surface area (Å²) in [5.41, 5.74) is 0. The lowest BCUT2D eigenvalue weighted by molar-refractivity contribution is -0.133. The summed E-state index contributed by atoms with van der Waals surface area (Å²) in [5, 5.41) is 3.39. The van der Waals surface area contributed by atoms with E-state index >= 15 is 0 Å². The molecule has 2 rings (SSSR count). The average Bonchev–Trinajstić information content (AvgIpc) is 2.40. The number of amides is 1.